The Morgan fingerprint density at radius 2 is 0.744 bits per heavy atom. The van der Waals surface area contributed by atoms with Gasteiger partial charge in [0.1, 0.15) is 5.75 Å². The maximum atomic E-state index is 8.21. The van der Waals surface area contributed by atoms with Crippen molar-refractivity contribution in [3.63, 3.8) is 0 Å². The molecule has 0 amide bonds. The number of benzene rings is 5. The molecule has 0 saturated carbocycles. The Morgan fingerprint density at radius 3 is 1.14 bits per heavy atom. The molecular weight excluding hydrogens is 593 g/mol. The second-order valence-electron chi connectivity index (χ2n) is 12.8. The molecule has 0 saturated heterocycles. The van der Waals surface area contributed by atoms with Crippen molar-refractivity contribution < 1.29 is 12.7 Å². The van der Waals surface area contributed by atoms with Crippen LogP contribution in [0.5, 0.6) is 5.75 Å². The van der Waals surface area contributed by atoms with Gasteiger partial charge in [-0.25, -0.2) is 0 Å². The number of para-hydroxylation sites is 1. The van der Waals surface area contributed by atoms with Crippen molar-refractivity contribution >= 4 is 59.4 Å². The van der Waals surface area contributed by atoms with Crippen molar-refractivity contribution in [1.29, 1.82) is 0 Å². The molecule has 5 aromatic carbocycles. The van der Waals surface area contributed by atoms with Crippen LogP contribution in [0.25, 0.3) is 0 Å². The van der Waals surface area contributed by atoms with E-state index in [0.717, 1.165) is 31.7 Å². The van der Waals surface area contributed by atoms with E-state index in [4.69, 9.17) is 12.7 Å². The average molecular weight is 635 g/mol. The summed E-state index contributed by atoms with van der Waals surface area (Å²) in [4.78, 5) is 0. The summed E-state index contributed by atoms with van der Waals surface area (Å²) in [5, 5.41) is 5.65. The van der Waals surface area contributed by atoms with Gasteiger partial charge in [0.25, 0.3) is 8.32 Å². The highest BCUT2D eigenvalue weighted by Crippen LogP contribution is 2.26. The summed E-state index contributed by atoms with van der Waals surface area (Å²) in [5.41, 5.74) is 0. The Kier molecular flexibility index (Phi) is 9.22. The summed E-state index contributed by atoms with van der Waals surface area (Å²) in [6.07, 6.45) is 0. The molecule has 3 nitrogen and oxygen atoms in total. The average Bonchev–Trinajstić information content (AvgIpc) is 3.00. The van der Waals surface area contributed by atoms with Crippen molar-refractivity contribution in [3.05, 3.63) is 146 Å². The molecule has 0 heterocycles. The van der Waals surface area contributed by atoms with Gasteiger partial charge in [-0.2, -0.15) is 0 Å². The largest absolute Gasteiger partial charge is 0.544 e. The molecule has 7 heteroatoms. The Bertz CT molecular complexity index is 1520. The molecular formula is C36H42O3Si4. The summed E-state index contributed by atoms with van der Waals surface area (Å²) in [5.74, 6) is 0.901. The molecule has 0 atom stereocenters. The van der Waals surface area contributed by atoms with Gasteiger partial charge in [-0.15, -0.1) is 0 Å². The van der Waals surface area contributed by atoms with Crippen LogP contribution >= 0.6 is 0 Å². The molecule has 0 spiro atoms. The summed E-state index contributed by atoms with van der Waals surface area (Å²) >= 11 is 0. The second kappa shape index (κ2) is 12.7. The quantitative estimate of drug-likeness (QED) is 0.132. The lowest BCUT2D eigenvalue weighted by molar-refractivity contribution is 0.421. The van der Waals surface area contributed by atoms with E-state index in [1.165, 1.54) is 0 Å². The van der Waals surface area contributed by atoms with Crippen molar-refractivity contribution in [2.24, 2.45) is 0 Å². The van der Waals surface area contributed by atoms with Crippen molar-refractivity contribution in [2.45, 2.75) is 39.3 Å². The molecule has 0 aliphatic rings. The summed E-state index contributed by atoms with van der Waals surface area (Å²) < 4.78 is 22.6. The minimum Gasteiger partial charge on any atom is -0.544 e. The number of hydrogen-bond donors (Lipinski definition) is 0. The molecule has 5 aromatic rings. The van der Waals surface area contributed by atoms with Crippen LogP contribution in [-0.4, -0.2) is 33.5 Å². The van der Waals surface area contributed by atoms with E-state index in [0.29, 0.717) is 0 Å². The van der Waals surface area contributed by atoms with Gasteiger partial charge in [-0.05, 0) is 66.1 Å². The number of rotatable bonds is 11. The zero-order valence-corrected chi connectivity index (χ0v) is 30.1. The minimum atomic E-state index is -3.37. The smallest absolute Gasteiger partial charge is 0.387 e. The van der Waals surface area contributed by atoms with Crippen LogP contribution < -0.4 is 30.4 Å². The van der Waals surface area contributed by atoms with E-state index in [2.05, 4.69) is 185 Å². The molecule has 0 fully saturated rings. The fourth-order valence-electron chi connectivity index (χ4n) is 5.56. The van der Waals surface area contributed by atoms with Crippen LogP contribution in [0.15, 0.2) is 146 Å². The number of hydrogen-bond acceptors (Lipinski definition) is 3. The molecule has 0 bridgehead atoms. The standard InChI is InChI=1S/C36H42O3Si4/c1-40(2,3)37-35-29-19-20-30-36(35)42(31-21-11-7-12-22-31,32-23-13-8-14-24-32)39-43(38-41(4,5)6,33-25-15-9-16-26-33)34-27-17-10-18-28-34/h7-30H,1-6H3. The fourth-order valence-corrected chi connectivity index (χ4v) is 20.2. The molecule has 0 aliphatic heterocycles. The van der Waals surface area contributed by atoms with E-state index in [-0.39, 0.29) is 0 Å². The monoisotopic (exact) mass is 634 g/mol. The summed E-state index contributed by atoms with van der Waals surface area (Å²) in [6, 6.07) is 51.5. The maximum absolute atomic E-state index is 8.21. The van der Waals surface area contributed by atoms with E-state index in [9.17, 15) is 0 Å². The molecule has 0 unspecified atom stereocenters. The second-order valence-corrected chi connectivity index (χ2v) is 28.5. The van der Waals surface area contributed by atoms with Gasteiger partial charge in [0.15, 0.2) is 8.32 Å². The Hall–Kier alpha value is -3.31. The highest BCUT2D eigenvalue weighted by molar-refractivity contribution is 7.14. The van der Waals surface area contributed by atoms with E-state index < -0.39 is 33.5 Å². The minimum absolute atomic E-state index is 0.901. The van der Waals surface area contributed by atoms with Gasteiger partial charge < -0.3 is 12.7 Å². The third kappa shape index (κ3) is 6.93. The molecule has 5 rings (SSSR count). The van der Waals surface area contributed by atoms with Crippen LogP contribution in [0, 0.1) is 0 Å². The maximum Gasteiger partial charge on any atom is 0.387 e. The van der Waals surface area contributed by atoms with Crippen LogP contribution in [0.1, 0.15) is 0 Å². The third-order valence-electron chi connectivity index (χ3n) is 7.10. The lowest BCUT2D eigenvalue weighted by Crippen LogP contribution is -2.79. The molecule has 0 N–H and O–H groups in total. The normalized spacial score (nSPS) is 12.6. The molecule has 43 heavy (non-hydrogen) atoms. The van der Waals surface area contributed by atoms with Crippen molar-refractivity contribution in [1.82, 2.24) is 0 Å². The van der Waals surface area contributed by atoms with Gasteiger partial charge in [-0.3, -0.25) is 0 Å². The predicted molar refractivity (Wildman–Crippen MR) is 191 cm³/mol. The van der Waals surface area contributed by atoms with E-state index >= 15 is 0 Å². The fraction of sp³-hybridized carbons (Fsp3) is 0.167. The Morgan fingerprint density at radius 1 is 0.372 bits per heavy atom. The molecule has 220 valence electrons. The van der Waals surface area contributed by atoms with Crippen LogP contribution in [0.3, 0.4) is 0 Å². The first kappa shape index (κ1) is 31.1. The first-order valence-corrected chi connectivity index (χ1v) is 25.5. The summed E-state index contributed by atoms with van der Waals surface area (Å²) in [6.45, 7) is 13.5. The highest BCUT2D eigenvalue weighted by Gasteiger charge is 2.55. The summed E-state index contributed by atoms with van der Waals surface area (Å²) in [7, 11) is -10.8. The molecule has 0 aliphatic carbocycles. The lowest BCUT2D eigenvalue weighted by atomic mass is 10.3. The zero-order valence-electron chi connectivity index (χ0n) is 26.1. The predicted octanol–water partition coefficient (Wildman–Crippen LogP) is 5.99. The lowest BCUT2D eigenvalue weighted by Gasteiger charge is -2.45. The van der Waals surface area contributed by atoms with Gasteiger partial charge in [0, 0.05) is 5.19 Å². The first-order valence-electron chi connectivity index (χ1n) is 14.9. The van der Waals surface area contributed by atoms with Crippen LogP contribution in [0.2, 0.25) is 39.3 Å². The Labute approximate surface area is 261 Å². The van der Waals surface area contributed by atoms with E-state index in [1.54, 1.807) is 0 Å². The van der Waals surface area contributed by atoms with Crippen molar-refractivity contribution in [2.75, 3.05) is 0 Å². The van der Waals surface area contributed by atoms with Gasteiger partial charge in [0.2, 0.25) is 8.32 Å². The zero-order chi connectivity index (χ0) is 30.6. The van der Waals surface area contributed by atoms with Gasteiger partial charge in [-0.1, -0.05) is 140 Å². The van der Waals surface area contributed by atoms with Gasteiger partial charge >= 0.3 is 8.56 Å². The van der Waals surface area contributed by atoms with Crippen LogP contribution in [-0.2, 0) is 8.23 Å². The first-order chi connectivity index (χ1) is 20.5. The third-order valence-corrected chi connectivity index (χ3v) is 19.6. The Balaban J connectivity index is 1.94. The molecule has 0 aromatic heterocycles. The van der Waals surface area contributed by atoms with Crippen LogP contribution in [0.4, 0.5) is 0 Å². The van der Waals surface area contributed by atoms with Crippen molar-refractivity contribution in [3.8, 4) is 5.75 Å². The topological polar surface area (TPSA) is 27.7 Å². The molecule has 0 radical (unpaired) electrons. The highest BCUT2D eigenvalue weighted by atomic mass is 28.5. The van der Waals surface area contributed by atoms with E-state index in [1.807, 2.05) is 0 Å². The van der Waals surface area contributed by atoms with Gasteiger partial charge in [0.05, 0.1) is 0 Å². The SMILES string of the molecule is C[Si](C)(C)Oc1ccccc1[Si](O[Si](O[Si](C)(C)C)(c1ccccc1)c1ccccc1)(c1ccccc1)c1ccccc1.